The molecule has 0 saturated carbocycles. The maximum Gasteiger partial charge on any atom is 0.494 e. The number of halogens is 1. The molecule has 0 N–H and O–H groups in total. The number of benzene rings is 2. The van der Waals surface area contributed by atoms with E-state index in [4.69, 9.17) is 20.9 Å². The van der Waals surface area contributed by atoms with Gasteiger partial charge in [-0.3, -0.25) is 4.90 Å². The lowest BCUT2D eigenvalue weighted by atomic mass is 9.79. The molecule has 0 aliphatic carbocycles. The smallest absolute Gasteiger partial charge is 0.399 e. The van der Waals surface area contributed by atoms with Crippen molar-refractivity contribution in [1.29, 1.82) is 0 Å². The van der Waals surface area contributed by atoms with Gasteiger partial charge in [-0.2, -0.15) is 0 Å². The van der Waals surface area contributed by atoms with Gasteiger partial charge >= 0.3 is 7.12 Å². The van der Waals surface area contributed by atoms with Crippen molar-refractivity contribution < 1.29 is 9.31 Å². The molecular formula is C22H27BClNO2. The molecule has 2 aromatic carbocycles. The quantitative estimate of drug-likeness (QED) is 0.742. The van der Waals surface area contributed by atoms with Crippen LogP contribution in [0.4, 0.5) is 0 Å². The van der Waals surface area contributed by atoms with Crippen molar-refractivity contribution in [3.05, 3.63) is 64.2 Å². The van der Waals surface area contributed by atoms with Crippen LogP contribution in [0, 0.1) is 0 Å². The maximum absolute atomic E-state index is 6.33. The summed E-state index contributed by atoms with van der Waals surface area (Å²) in [6.45, 7) is 11.3. The number of hydrogen-bond donors (Lipinski definition) is 0. The van der Waals surface area contributed by atoms with Gasteiger partial charge in [-0.05, 0) is 62.3 Å². The van der Waals surface area contributed by atoms with Gasteiger partial charge in [-0.15, -0.1) is 0 Å². The maximum atomic E-state index is 6.33. The zero-order valence-electron chi connectivity index (χ0n) is 16.6. The Morgan fingerprint density at radius 3 is 2.33 bits per heavy atom. The summed E-state index contributed by atoms with van der Waals surface area (Å²) < 4.78 is 12.3. The van der Waals surface area contributed by atoms with Gasteiger partial charge in [-0.25, -0.2) is 0 Å². The first-order valence-corrected chi connectivity index (χ1v) is 10.1. The minimum absolute atomic E-state index is 0.298. The van der Waals surface area contributed by atoms with Crippen LogP contribution in [-0.4, -0.2) is 29.8 Å². The number of fused-ring (bicyclic) bond motifs is 1. The summed E-state index contributed by atoms with van der Waals surface area (Å²) in [5.41, 5.74) is 4.43. The lowest BCUT2D eigenvalue weighted by Gasteiger charge is -2.32. The first-order valence-electron chi connectivity index (χ1n) is 9.68. The molecule has 1 saturated heterocycles. The summed E-state index contributed by atoms with van der Waals surface area (Å²) in [5, 5.41) is 0.902. The molecule has 0 atom stereocenters. The van der Waals surface area contributed by atoms with Crippen molar-refractivity contribution in [2.45, 2.75) is 58.4 Å². The normalized spacial score (nSPS) is 21.3. The molecule has 5 heteroatoms. The minimum atomic E-state index is -0.307. The molecule has 3 nitrogen and oxygen atoms in total. The van der Waals surface area contributed by atoms with Gasteiger partial charge in [-0.1, -0.05) is 48.0 Å². The third-order valence-electron chi connectivity index (χ3n) is 6.20. The predicted molar refractivity (Wildman–Crippen MR) is 111 cm³/mol. The largest absolute Gasteiger partial charge is 0.494 e. The Kier molecular flexibility index (Phi) is 4.88. The van der Waals surface area contributed by atoms with E-state index in [1.165, 1.54) is 16.7 Å². The third kappa shape index (κ3) is 3.69. The van der Waals surface area contributed by atoms with E-state index in [0.717, 1.165) is 36.5 Å². The fourth-order valence-electron chi connectivity index (χ4n) is 3.77. The summed E-state index contributed by atoms with van der Waals surface area (Å²) in [4.78, 5) is 2.47. The van der Waals surface area contributed by atoms with Crippen molar-refractivity contribution in [2.24, 2.45) is 0 Å². The molecule has 0 amide bonds. The van der Waals surface area contributed by atoms with Crippen LogP contribution in [0.3, 0.4) is 0 Å². The molecule has 4 rings (SSSR count). The molecule has 0 aromatic heterocycles. The first kappa shape index (κ1) is 19.0. The number of nitrogens with zero attached hydrogens (tertiary/aromatic N) is 1. The first-order chi connectivity index (χ1) is 12.7. The van der Waals surface area contributed by atoms with E-state index in [-0.39, 0.29) is 18.3 Å². The summed E-state index contributed by atoms with van der Waals surface area (Å²) in [6.07, 6.45) is 1.01. The fraction of sp³-hybridized carbons (Fsp3) is 0.455. The molecule has 2 aliphatic rings. The molecule has 27 heavy (non-hydrogen) atoms. The summed E-state index contributed by atoms with van der Waals surface area (Å²) in [7, 11) is -0.298. The molecule has 1 fully saturated rings. The predicted octanol–water partition coefficient (Wildman–Crippen LogP) is 4.20. The minimum Gasteiger partial charge on any atom is -0.399 e. The van der Waals surface area contributed by atoms with Crippen molar-refractivity contribution in [3.63, 3.8) is 0 Å². The van der Waals surface area contributed by atoms with Crippen LogP contribution in [0.1, 0.15) is 44.4 Å². The molecular weight excluding hydrogens is 357 g/mol. The van der Waals surface area contributed by atoms with Crippen molar-refractivity contribution in [3.8, 4) is 0 Å². The van der Waals surface area contributed by atoms with Gasteiger partial charge < -0.3 is 9.31 Å². The Balaban J connectivity index is 1.42. The monoisotopic (exact) mass is 383 g/mol. The highest BCUT2D eigenvalue weighted by molar-refractivity contribution is 6.62. The second kappa shape index (κ2) is 6.93. The Morgan fingerprint density at radius 2 is 1.67 bits per heavy atom. The topological polar surface area (TPSA) is 21.7 Å². The zero-order valence-corrected chi connectivity index (χ0v) is 17.3. The fourth-order valence-corrected chi connectivity index (χ4v) is 4.06. The number of rotatable bonds is 3. The van der Waals surface area contributed by atoms with Crippen LogP contribution in [0.2, 0.25) is 5.02 Å². The van der Waals surface area contributed by atoms with E-state index in [1.807, 2.05) is 12.1 Å². The highest BCUT2D eigenvalue weighted by Crippen LogP contribution is 2.36. The summed E-state index contributed by atoms with van der Waals surface area (Å²) in [5.74, 6) is 0. The Labute approximate surface area is 167 Å². The van der Waals surface area contributed by atoms with Crippen LogP contribution in [0.15, 0.2) is 42.5 Å². The van der Waals surface area contributed by atoms with Gasteiger partial charge in [0.15, 0.2) is 0 Å². The van der Waals surface area contributed by atoms with Gasteiger partial charge in [0.05, 0.1) is 11.2 Å². The van der Waals surface area contributed by atoms with Crippen molar-refractivity contribution in [2.75, 3.05) is 6.54 Å². The van der Waals surface area contributed by atoms with E-state index in [1.54, 1.807) is 0 Å². The molecule has 0 radical (unpaired) electrons. The van der Waals surface area contributed by atoms with Crippen LogP contribution in [0.25, 0.3) is 0 Å². The van der Waals surface area contributed by atoms with Gasteiger partial charge in [0.25, 0.3) is 0 Å². The van der Waals surface area contributed by atoms with Crippen LogP contribution < -0.4 is 5.46 Å². The van der Waals surface area contributed by atoms with E-state index in [0.29, 0.717) is 0 Å². The average Bonchev–Trinajstić information content (AvgIpc) is 2.83. The lowest BCUT2D eigenvalue weighted by Crippen LogP contribution is -2.41. The van der Waals surface area contributed by atoms with Crippen LogP contribution >= 0.6 is 11.6 Å². The Hall–Kier alpha value is -1.33. The summed E-state index contributed by atoms with van der Waals surface area (Å²) >= 11 is 6.33. The average molecular weight is 384 g/mol. The number of hydrogen-bond acceptors (Lipinski definition) is 3. The van der Waals surface area contributed by atoms with E-state index >= 15 is 0 Å². The van der Waals surface area contributed by atoms with Gasteiger partial charge in [0, 0.05) is 24.7 Å². The lowest BCUT2D eigenvalue weighted by molar-refractivity contribution is 0.00578. The van der Waals surface area contributed by atoms with Gasteiger partial charge in [0.2, 0.25) is 0 Å². The van der Waals surface area contributed by atoms with Crippen LogP contribution in [0.5, 0.6) is 0 Å². The van der Waals surface area contributed by atoms with Crippen LogP contribution in [-0.2, 0) is 28.8 Å². The van der Waals surface area contributed by atoms with E-state index in [2.05, 4.69) is 62.9 Å². The van der Waals surface area contributed by atoms with Gasteiger partial charge in [0.1, 0.15) is 0 Å². The molecule has 0 bridgehead atoms. The molecule has 0 unspecified atom stereocenters. The second-order valence-corrected chi connectivity index (χ2v) is 9.08. The standard InChI is InChI=1S/C22H27BClNO2/c1-21(2)22(3,4)27-23(26-21)18-10-8-16(9-11-18)14-25-13-12-19-17(15-25)6-5-7-20(19)24/h5-11H,12-15H2,1-4H3. The van der Waals surface area contributed by atoms with Crippen molar-refractivity contribution >= 4 is 24.2 Å². The van der Waals surface area contributed by atoms with E-state index in [9.17, 15) is 0 Å². The Morgan fingerprint density at radius 1 is 1.00 bits per heavy atom. The molecule has 2 heterocycles. The molecule has 0 spiro atoms. The zero-order chi connectivity index (χ0) is 19.2. The second-order valence-electron chi connectivity index (χ2n) is 8.67. The summed E-state index contributed by atoms with van der Waals surface area (Å²) in [6, 6.07) is 14.9. The highest BCUT2D eigenvalue weighted by Gasteiger charge is 2.51. The molecule has 2 aromatic rings. The molecule has 2 aliphatic heterocycles. The Bertz CT molecular complexity index is 819. The highest BCUT2D eigenvalue weighted by atomic mass is 35.5. The molecule has 142 valence electrons. The van der Waals surface area contributed by atoms with Crippen molar-refractivity contribution in [1.82, 2.24) is 4.90 Å². The third-order valence-corrected chi connectivity index (χ3v) is 6.55. The van der Waals surface area contributed by atoms with E-state index < -0.39 is 0 Å². The SMILES string of the molecule is CC1(C)OB(c2ccc(CN3CCc4c(Cl)cccc4C3)cc2)OC1(C)C.